The Morgan fingerprint density at radius 1 is 1.15 bits per heavy atom. The zero-order valence-corrected chi connectivity index (χ0v) is 17.9. The smallest absolute Gasteiger partial charge is 0.417 e. The van der Waals surface area contributed by atoms with Gasteiger partial charge in [0.2, 0.25) is 5.91 Å². The minimum absolute atomic E-state index is 0.124. The molecule has 0 aliphatic rings. The Morgan fingerprint density at radius 2 is 1.88 bits per heavy atom. The number of imidazole rings is 1. The van der Waals surface area contributed by atoms with Crippen molar-refractivity contribution in [3.63, 3.8) is 0 Å². The molecular weight excluding hydrogens is 456 g/mol. The van der Waals surface area contributed by atoms with Crippen molar-refractivity contribution >= 4 is 17.1 Å². The Hall–Kier alpha value is -4.15. The lowest BCUT2D eigenvalue weighted by atomic mass is 9.94. The number of primary amides is 1. The second kappa shape index (κ2) is 8.32. The van der Waals surface area contributed by atoms with E-state index in [4.69, 9.17) is 10.5 Å². The fourth-order valence-corrected chi connectivity index (χ4v) is 3.77. The van der Waals surface area contributed by atoms with Crippen LogP contribution in [-0.2, 0) is 6.18 Å². The third-order valence-electron chi connectivity index (χ3n) is 5.16. The van der Waals surface area contributed by atoms with Gasteiger partial charge in [-0.25, -0.2) is 14.2 Å². The van der Waals surface area contributed by atoms with Gasteiger partial charge in [-0.1, -0.05) is 18.2 Å². The Labute approximate surface area is 189 Å². The number of carbonyl (C=O) groups is 1. The molecule has 0 fully saturated rings. The highest BCUT2D eigenvalue weighted by atomic mass is 19.4. The van der Waals surface area contributed by atoms with E-state index < -0.39 is 40.3 Å². The van der Waals surface area contributed by atoms with E-state index in [1.807, 2.05) is 0 Å². The number of aromatic amines is 1. The number of hydrogen-bond acceptors (Lipinski definition) is 4. The predicted molar refractivity (Wildman–Crippen MR) is 116 cm³/mol. The molecule has 11 heteroatoms. The molecule has 4 aromatic rings. The van der Waals surface area contributed by atoms with Gasteiger partial charge >= 0.3 is 11.9 Å². The van der Waals surface area contributed by atoms with Crippen molar-refractivity contribution in [2.75, 3.05) is 0 Å². The number of amides is 1. The van der Waals surface area contributed by atoms with Crippen LogP contribution in [0.15, 0.2) is 53.5 Å². The van der Waals surface area contributed by atoms with Gasteiger partial charge in [-0.15, -0.1) is 0 Å². The summed E-state index contributed by atoms with van der Waals surface area (Å²) in [6, 6.07) is 7.78. The molecule has 0 saturated carbocycles. The highest BCUT2D eigenvalue weighted by Gasteiger charge is 2.37. The molecule has 176 valence electrons. The number of pyridine rings is 1. The van der Waals surface area contributed by atoms with Crippen LogP contribution in [0.5, 0.6) is 11.5 Å². The number of nitrogens with one attached hydrogen (secondary N) is 1. The number of alkyl halides is 3. The van der Waals surface area contributed by atoms with Gasteiger partial charge in [0.15, 0.2) is 23.0 Å². The van der Waals surface area contributed by atoms with Crippen molar-refractivity contribution in [2.45, 2.75) is 26.1 Å². The van der Waals surface area contributed by atoms with Gasteiger partial charge in [-0.2, -0.15) is 13.2 Å². The lowest BCUT2D eigenvalue weighted by Gasteiger charge is -2.17. The molecule has 4 rings (SSSR count). The maximum atomic E-state index is 15.0. The van der Waals surface area contributed by atoms with E-state index in [2.05, 4.69) is 9.97 Å². The molecular formula is C23H18F4N4O3. The summed E-state index contributed by atoms with van der Waals surface area (Å²) >= 11 is 0. The van der Waals surface area contributed by atoms with E-state index in [0.29, 0.717) is 5.52 Å². The first-order valence-electron chi connectivity index (χ1n) is 10.1. The SMILES string of the molecule is CC(C)n1c(=O)[nH]c2nccc(Oc3ccc(-c4cccc(C(N)=O)c4C(F)(F)F)cc3F)c21. The van der Waals surface area contributed by atoms with Crippen LogP contribution >= 0.6 is 0 Å². The minimum atomic E-state index is -4.90. The van der Waals surface area contributed by atoms with Crippen LogP contribution < -0.4 is 16.2 Å². The summed E-state index contributed by atoms with van der Waals surface area (Å²) in [5.74, 6) is -2.34. The number of benzene rings is 2. The van der Waals surface area contributed by atoms with Crippen LogP contribution in [0.3, 0.4) is 0 Å². The van der Waals surface area contributed by atoms with Gasteiger partial charge in [0.05, 0.1) is 11.1 Å². The maximum Gasteiger partial charge on any atom is 0.417 e. The monoisotopic (exact) mass is 474 g/mol. The zero-order valence-electron chi connectivity index (χ0n) is 17.9. The highest BCUT2D eigenvalue weighted by Crippen LogP contribution is 2.40. The van der Waals surface area contributed by atoms with Gasteiger partial charge in [-0.3, -0.25) is 14.3 Å². The summed E-state index contributed by atoms with van der Waals surface area (Å²) in [6.07, 6.45) is -3.53. The Morgan fingerprint density at radius 3 is 2.50 bits per heavy atom. The van der Waals surface area contributed by atoms with Crippen molar-refractivity contribution in [3.05, 3.63) is 76.1 Å². The van der Waals surface area contributed by atoms with Gasteiger partial charge in [0, 0.05) is 18.3 Å². The summed E-state index contributed by atoms with van der Waals surface area (Å²) in [5.41, 5.74) is 2.76. The zero-order chi connectivity index (χ0) is 24.8. The molecule has 0 spiro atoms. The lowest BCUT2D eigenvalue weighted by Crippen LogP contribution is -2.19. The number of hydrogen-bond donors (Lipinski definition) is 2. The van der Waals surface area contributed by atoms with Gasteiger partial charge in [-0.05, 0) is 43.2 Å². The van der Waals surface area contributed by atoms with Gasteiger partial charge in [0.25, 0.3) is 0 Å². The average molecular weight is 474 g/mol. The Bertz CT molecular complexity index is 1470. The van der Waals surface area contributed by atoms with Crippen molar-refractivity contribution in [1.82, 2.24) is 14.5 Å². The molecule has 0 saturated heterocycles. The summed E-state index contributed by atoms with van der Waals surface area (Å²) in [7, 11) is 0. The number of rotatable bonds is 5. The molecule has 2 heterocycles. The van der Waals surface area contributed by atoms with E-state index in [1.165, 1.54) is 35.0 Å². The summed E-state index contributed by atoms with van der Waals surface area (Å²) in [6.45, 7) is 3.55. The first-order chi connectivity index (χ1) is 16.0. The normalized spacial score (nSPS) is 11.9. The summed E-state index contributed by atoms with van der Waals surface area (Å²) in [4.78, 5) is 30.5. The quantitative estimate of drug-likeness (QED) is 0.397. The molecule has 0 aliphatic carbocycles. The number of carbonyl (C=O) groups excluding carboxylic acids is 1. The van der Waals surface area contributed by atoms with E-state index in [0.717, 1.165) is 18.2 Å². The fourth-order valence-electron chi connectivity index (χ4n) is 3.77. The van der Waals surface area contributed by atoms with Crippen LogP contribution in [0.4, 0.5) is 17.6 Å². The van der Waals surface area contributed by atoms with Crippen LogP contribution in [0, 0.1) is 5.82 Å². The first kappa shape index (κ1) is 23.0. The van der Waals surface area contributed by atoms with Crippen LogP contribution in [-0.4, -0.2) is 20.4 Å². The minimum Gasteiger partial charge on any atom is -0.452 e. The third-order valence-corrected chi connectivity index (χ3v) is 5.16. The van der Waals surface area contributed by atoms with Crippen LogP contribution in [0.2, 0.25) is 0 Å². The standard InChI is InChI=1S/C23H18F4N4O3/c1-11(2)31-19-17(8-9-29-21(19)30-22(31)33)34-16-7-6-12(10-15(16)24)13-4-3-5-14(20(28)32)18(13)23(25,26)27/h3-11H,1-2H3,(H2,28,32)(H,29,30,33). The molecule has 0 atom stereocenters. The van der Waals surface area contributed by atoms with Crippen LogP contribution in [0.25, 0.3) is 22.3 Å². The average Bonchev–Trinajstić information content (AvgIpc) is 3.10. The predicted octanol–water partition coefficient (Wildman–Crippen LogP) is 5.02. The highest BCUT2D eigenvalue weighted by molar-refractivity contribution is 5.96. The van der Waals surface area contributed by atoms with Crippen molar-refractivity contribution in [1.29, 1.82) is 0 Å². The second-order valence-corrected chi connectivity index (χ2v) is 7.74. The van der Waals surface area contributed by atoms with E-state index in [1.54, 1.807) is 13.8 Å². The molecule has 3 N–H and O–H groups in total. The van der Waals surface area contributed by atoms with E-state index >= 15 is 0 Å². The number of nitrogens with zero attached hydrogens (tertiary/aromatic N) is 2. The van der Waals surface area contributed by atoms with Gasteiger partial charge < -0.3 is 10.5 Å². The lowest BCUT2D eigenvalue weighted by molar-refractivity contribution is -0.137. The molecule has 2 aromatic carbocycles. The molecule has 34 heavy (non-hydrogen) atoms. The van der Waals surface area contributed by atoms with Crippen LogP contribution in [0.1, 0.15) is 35.8 Å². The molecule has 0 bridgehead atoms. The van der Waals surface area contributed by atoms with Crippen molar-refractivity contribution in [3.8, 4) is 22.6 Å². The molecule has 0 aliphatic heterocycles. The molecule has 2 aromatic heterocycles. The second-order valence-electron chi connectivity index (χ2n) is 7.74. The number of fused-ring (bicyclic) bond motifs is 1. The first-order valence-corrected chi connectivity index (χ1v) is 10.1. The maximum absolute atomic E-state index is 15.0. The summed E-state index contributed by atoms with van der Waals surface area (Å²) < 4.78 is 63.2. The summed E-state index contributed by atoms with van der Waals surface area (Å²) in [5, 5.41) is 0. The number of halogens is 4. The Kier molecular flexibility index (Phi) is 5.64. The molecule has 0 radical (unpaired) electrons. The topological polar surface area (TPSA) is 103 Å². The largest absolute Gasteiger partial charge is 0.452 e. The molecule has 7 nitrogen and oxygen atoms in total. The number of nitrogens with two attached hydrogens (primary N) is 1. The van der Waals surface area contributed by atoms with Gasteiger partial charge in [0.1, 0.15) is 5.52 Å². The third kappa shape index (κ3) is 4.00. The van der Waals surface area contributed by atoms with Crippen molar-refractivity contribution in [2.24, 2.45) is 5.73 Å². The fraction of sp³-hybridized carbons (Fsp3) is 0.174. The Balaban J connectivity index is 1.80. The number of ether oxygens (including phenoxy) is 1. The number of aromatic nitrogens is 3. The number of H-pyrrole nitrogens is 1. The van der Waals surface area contributed by atoms with E-state index in [9.17, 15) is 27.2 Å². The molecule has 1 amide bonds. The van der Waals surface area contributed by atoms with E-state index in [-0.39, 0.29) is 28.8 Å². The molecule has 0 unspecified atom stereocenters. The van der Waals surface area contributed by atoms with Crippen molar-refractivity contribution < 1.29 is 27.1 Å².